The van der Waals surface area contributed by atoms with Gasteiger partial charge in [-0.05, 0) is 25.5 Å². The van der Waals surface area contributed by atoms with E-state index in [9.17, 15) is 8.42 Å². The summed E-state index contributed by atoms with van der Waals surface area (Å²) in [5, 5.41) is 3.37. The van der Waals surface area contributed by atoms with E-state index in [1.54, 1.807) is 6.20 Å². The van der Waals surface area contributed by atoms with Crippen molar-refractivity contribution in [2.45, 2.75) is 32.0 Å². The minimum Gasteiger partial charge on any atom is -0.334 e. The van der Waals surface area contributed by atoms with Crippen molar-refractivity contribution in [1.29, 1.82) is 0 Å². The highest BCUT2D eigenvalue weighted by Crippen LogP contribution is 2.27. The topological polar surface area (TPSA) is 67.2 Å². The van der Waals surface area contributed by atoms with E-state index < -0.39 is 10.0 Å². The first-order chi connectivity index (χ1) is 10.5. The molecule has 2 heterocycles. The van der Waals surface area contributed by atoms with Crippen molar-refractivity contribution in [3.8, 4) is 0 Å². The number of sulfonamides is 1. The molecule has 6 nitrogen and oxygen atoms in total. The summed E-state index contributed by atoms with van der Waals surface area (Å²) in [6, 6.07) is 7.59. The predicted molar refractivity (Wildman–Crippen MR) is 85.3 cm³/mol. The molecular weight excluding hydrogens is 300 g/mol. The van der Waals surface area contributed by atoms with Gasteiger partial charge < -0.3 is 9.88 Å². The lowest BCUT2D eigenvalue weighted by Gasteiger charge is -2.22. The van der Waals surface area contributed by atoms with Gasteiger partial charge in [-0.15, -0.1) is 0 Å². The van der Waals surface area contributed by atoms with Crippen LogP contribution in [0.3, 0.4) is 0 Å². The van der Waals surface area contributed by atoms with Crippen LogP contribution in [0.5, 0.6) is 0 Å². The molecule has 1 aromatic carbocycles. The third-order valence-electron chi connectivity index (χ3n) is 3.92. The lowest BCUT2D eigenvalue weighted by atomic mass is 10.2. The molecular formula is C15H20N4O2S. The first-order valence-electron chi connectivity index (χ1n) is 7.39. The number of nitrogens with zero attached hydrogens (tertiary/aromatic N) is 3. The van der Waals surface area contributed by atoms with Gasteiger partial charge in [-0.1, -0.05) is 18.2 Å². The van der Waals surface area contributed by atoms with Gasteiger partial charge in [-0.25, -0.2) is 4.98 Å². The number of para-hydroxylation sites is 1. The monoisotopic (exact) mass is 320 g/mol. The highest BCUT2D eigenvalue weighted by Gasteiger charge is 2.30. The van der Waals surface area contributed by atoms with Gasteiger partial charge in [0.1, 0.15) is 5.82 Å². The molecule has 0 fully saturated rings. The zero-order valence-electron chi connectivity index (χ0n) is 12.8. The molecule has 7 heteroatoms. The Hall–Kier alpha value is -1.86. The van der Waals surface area contributed by atoms with Crippen LogP contribution >= 0.6 is 0 Å². The molecule has 3 rings (SSSR count). The van der Waals surface area contributed by atoms with Crippen LogP contribution in [0.25, 0.3) is 0 Å². The summed E-state index contributed by atoms with van der Waals surface area (Å²) in [5.41, 5.74) is 1.71. The Kier molecular flexibility index (Phi) is 3.92. The van der Waals surface area contributed by atoms with Crippen LogP contribution in [0.2, 0.25) is 0 Å². The van der Waals surface area contributed by atoms with Crippen LogP contribution in [-0.2, 0) is 23.1 Å². The summed E-state index contributed by atoms with van der Waals surface area (Å²) in [6.07, 6.45) is 1.62. The summed E-state index contributed by atoms with van der Waals surface area (Å²) in [6.45, 7) is 6.17. The molecule has 1 aromatic heterocycles. The normalized spacial score (nSPS) is 15.5. The second kappa shape index (κ2) is 5.73. The SMILES string of the molecule is CCn1cc(S(=O)(=O)N2CCNCc3ccccc32)nc1C. The number of hydrogen-bond acceptors (Lipinski definition) is 4. The van der Waals surface area contributed by atoms with E-state index in [-0.39, 0.29) is 5.03 Å². The van der Waals surface area contributed by atoms with E-state index in [0.29, 0.717) is 32.0 Å². The Labute approximate surface area is 130 Å². The molecule has 1 N–H and O–H groups in total. The van der Waals surface area contributed by atoms with E-state index in [1.807, 2.05) is 42.7 Å². The molecule has 1 aliphatic rings. The van der Waals surface area contributed by atoms with Crippen LogP contribution in [0, 0.1) is 6.92 Å². The Morgan fingerprint density at radius 3 is 2.82 bits per heavy atom. The number of anilines is 1. The molecule has 2 aromatic rings. The largest absolute Gasteiger partial charge is 0.334 e. The van der Waals surface area contributed by atoms with Crippen LogP contribution in [0.1, 0.15) is 18.3 Å². The van der Waals surface area contributed by atoms with Crippen LogP contribution in [-0.4, -0.2) is 31.1 Å². The molecule has 22 heavy (non-hydrogen) atoms. The second-order valence-electron chi connectivity index (χ2n) is 5.30. The van der Waals surface area contributed by atoms with Crippen LogP contribution < -0.4 is 9.62 Å². The minimum absolute atomic E-state index is 0.114. The van der Waals surface area contributed by atoms with Crippen LogP contribution in [0.15, 0.2) is 35.5 Å². The number of rotatable bonds is 3. The Morgan fingerprint density at radius 2 is 2.09 bits per heavy atom. The number of fused-ring (bicyclic) bond motifs is 1. The highest BCUT2D eigenvalue weighted by molar-refractivity contribution is 7.92. The molecule has 1 aliphatic heterocycles. The van der Waals surface area contributed by atoms with Crippen molar-refractivity contribution >= 4 is 15.7 Å². The number of imidazole rings is 1. The quantitative estimate of drug-likeness (QED) is 0.931. The van der Waals surface area contributed by atoms with Gasteiger partial charge in [0, 0.05) is 32.4 Å². The number of benzene rings is 1. The lowest BCUT2D eigenvalue weighted by Crippen LogP contribution is -2.35. The molecule has 0 unspecified atom stereocenters. The first-order valence-corrected chi connectivity index (χ1v) is 8.83. The van der Waals surface area contributed by atoms with E-state index in [1.165, 1.54) is 4.31 Å². The molecule has 0 radical (unpaired) electrons. The fourth-order valence-corrected chi connectivity index (χ4v) is 4.22. The van der Waals surface area contributed by atoms with Crippen molar-refractivity contribution in [2.75, 3.05) is 17.4 Å². The highest BCUT2D eigenvalue weighted by atomic mass is 32.2. The van der Waals surface area contributed by atoms with Gasteiger partial charge in [0.15, 0.2) is 5.03 Å². The molecule has 0 aliphatic carbocycles. The first kappa shape index (κ1) is 15.1. The van der Waals surface area contributed by atoms with Crippen LogP contribution in [0.4, 0.5) is 5.69 Å². The Morgan fingerprint density at radius 1 is 1.32 bits per heavy atom. The Balaban J connectivity index is 2.08. The standard InChI is InChI=1S/C15H20N4O2S/c1-3-18-11-15(17-12(18)2)22(20,21)19-9-8-16-10-13-6-4-5-7-14(13)19/h4-7,11,16H,3,8-10H2,1-2H3. The second-order valence-corrected chi connectivity index (χ2v) is 7.10. The van der Waals surface area contributed by atoms with Gasteiger partial charge in [0.2, 0.25) is 0 Å². The maximum absolute atomic E-state index is 13.0. The average molecular weight is 320 g/mol. The smallest absolute Gasteiger partial charge is 0.283 e. The molecule has 118 valence electrons. The summed E-state index contributed by atoms with van der Waals surface area (Å²) in [5.74, 6) is 0.710. The summed E-state index contributed by atoms with van der Waals surface area (Å²) in [4.78, 5) is 4.24. The third kappa shape index (κ3) is 2.50. The average Bonchev–Trinajstić information content (AvgIpc) is 2.76. The van der Waals surface area contributed by atoms with Crippen molar-refractivity contribution < 1.29 is 8.42 Å². The maximum atomic E-state index is 13.0. The summed E-state index contributed by atoms with van der Waals surface area (Å²) in [7, 11) is -3.65. The fraction of sp³-hybridized carbons (Fsp3) is 0.400. The van der Waals surface area contributed by atoms with E-state index in [2.05, 4.69) is 10.3 Å². The third-order valence-corrected chi connectivity index (χ3v) is 5.60. The molecule has 0 saturated heterocycles. The van der Waals surface area contributed by atoms with Gasteiger partial charge in [-0.3, -0.25) is 4.31 Å². The molecule has 0 saturated carbocycles. The zero-order chi connectivity index (χ0) is 15.7. The molecule has 0 spiro atoms. The van der Waals surface area contributed by atoms with Crippen molar-refractivity contribution in [1.82, 2.24) is 14.9 Å². The lowest BCUT2D eigenvalue weighted by molar-refractivity contribution is 0.586. The van der Waals surface area contributed by atoms with Crippen molar-refractivity contribution in [3.05, 3.63) is 41.9 Å². The predicted octanol–water partition coefficient (Wildman–Crippen LogP) is 1.51. The van der Waals surface area contributed by atoms with Crippen molar-refractivity contribution in [3.63, 3.8) is 0 Å². The maximum Gasteiger partial charge on any atom is 0.283 e. The minimum atomic E-state index is -3.65. The summed E-state index contributed by atoms with van der Waals surface area (Å²) >= 11 is 0. The number of hydrogen-bond donors (Lipinski definition) is 1. The molecule has 0 bridgehead atoms. The van der Waals surface area contributed by atoms with Gasteiger partial charge in [0.25, 0.3) is 10.0 Å². The number of aromatic nitrogens is 2. The molecule has 0 amide bonds. The van der Waals surface area contributed by atoms with Crippen molar-refractivity contribution in [2.24, 2.45) is 0 Å². The Bertz CT molecular complexity index is 783. The fourth-order valence-electron chi connectivity index (χ4n) is 2.71. The van der Waals surface area contributed by atoms with E-state index in [4.69, 9.17) is 0 Å². The van der Waals surface area contributed by atoms with E-state index >= 15 is 0 Å². The number of aryl methyl sites for hydroxylation is 2. The van der Waals surface area contributed by atoms with Gasteiger partial charge in [0.05, 0.1) is 5.69 Å². The van der Waals surface area contributed by atoms with Gasteiger partial charge in [-0.2, -0.15) is 8.42 Å². The molecule has 0 atom stereocenters. The van der Waals surface area contributed by atoms with E-state index in [0.717, 1.165) is 11.3 Å². The number of nitrogens with one attached hydrogen (secondary N) is 1. The van der Waals surface area contributed by atoms with Gasteiger partial charge >= 0.3 is 0 Å². The summed E-state index contributed by atoms with van der Waals surface area (Å²) < 4.78 is 29.3. The zero-order valence-corrected chi connectivity index (χ0v) is 13.6.